The lowest BCUT2D eigenvalue weighted by Gasteiger charge is -2.34. The second-order valence-corrected chi connectivity index (χ2v) is 9.60. The number of fused-ring (bicyclic) bond motifs is 1. The van der Waals surface area contributed by atoms with E-state index in [1.165, 1.54) is 44.4 Å². The van der Waals surface area contributed by atoms with E-state index >= 15 is 0 Å². The van der Waals surface area contributed by atoms with Crippen LogP contribution in [0.3, 0.4) is 0 Å². The van der Waals surface area contributed by atoms with Crippen molar-refractivity contribution in [2.24, 2.45) is 10.7 Å². The number of carbonyl (C=O) groups excluding carboxylic acids is 1. The minimum absolute atomic E-state index is 0.0487. The van der Waals surface area contributed by atoms with Gasteiger partial charge in [-0.15, -0.1) is 0 Å². The molecule has 9 nitrogen and oxygen atoms in total. The van der Waals surface area contributed by atoms with Gasteiger partial charge in [-0.25, -0.2) is 27.1 Å². The molecule has 0 unspecified atom stereocenters. The number of aromatic nitrogens is 1. The molecular weight excluding hydrogens is 427 g/mol. The van der Waals surface area contributed by atoms with Gasteiger partial charge in [0.25, 0.3) is 0 Å². The van der Waals surface area contributed by atoms with Crippen LogP contribution in [-0.4, -0.2) is 55.5 Å². The van der Waals surface area contributed by atoms with Crippen LogP contribution >= 0.6 is 0 Å². The SMILES string of the molecule is CN1C(N)=N[C@](C)(c2cc(CC(=O)c3cc4c(cn3)OCCO4)ccc2F)CS1(=O)=O. The highest BCUT2D eigenvalue weighted by Crippen LogP contribution is 2.34. The second kappa shape index (κ2) is 7.49. The summed E-state index contributed by atoms with van der Waals surface area (Å²) in [7, 11) is -2.47. The van der Waals surface area contributed by atoms with Gasteiger partial charge in [-0.1, -0.05) is 6.07 Å². The van der Waals surface area contributed by atoms with Gasteiger partial charge in [0.05, 0.1) is 11.9 Å². The van der Waals surface area contributed by atoms with Gasteiger partial charge in [0.2, 0.25) is 16.0 Å². The van der Waals surface area contributed by atoms with E-state index in [1.54, 1.807) is 0 Å². The first-order valence-corrected chi connectivity index (χ1v) is 11.1. The van der Waals surface area contributed by atoms with Crippen molar-refractivity contribution in [3.63, 3.8) is 0 Å². The van der Waals surface area contributed by atoms with Crippen LogP contribution in [0.4, 0.5) is 4.39 Å². The Bertz CT molecular complexity index is 1200. The summed E-state index contributed by atoms with van der Waals surface area (Å²) < 4.78 is 51.3. The van der Waals surface area contributed by atoms with Gasteiger partial charge >= 0.3 is 0 Å². The molecule has 1 aromatic carbocycles. The fourth-order valence-electron chi connectivity index (χ4n) is 3.56. The number of pyridine rings is 1. The Morgan fingerprint density at radius 1 is 1.26 bits per heavy atom. The molecule has 0 radical (unpaired) electrons. The highest BCUT2D eigenvalue weighted by Gasteiger charge is 2.41. The van der Waals surface area contributed by atoms with Gasteiger partial charge in [0.1, 0.15) is 30.3 Å². The van der Waals surface area contributed by atoms with Crippen LogP contribution in [-0.2, 0) is 22.0 Å². The third kappa shape index (κ3) is 3.92. The predicted molar refractivity (Wildman–Crippen MR) is 110 cm³/mol. The second-order valence-electron chi connectivity index (χ2n) is 7.59. The summed E-state index contributed by atoms with van der Waals surface area (Å²) in [5.41, 5.74) is 5.06. The first-order valence-electron chi connectivity index (χ1n) is 9.49. The number of hydrogen-bond donors (Lipinski definition) is 1. The van der Waals surface area contributed by atoms with E-state index in [-0.39, 0.29) is 29.4 Å². The largest absolute Gasteiger partial charge is 0.486 e. The minimum Gasteiger partial charge on any atom is -0.486 e. The van der Waals surface area contributed by atoms with Crippen LogP contribution in [0.2, 0.25) is 0 Å². The number of carbonyl (C=O) groups is 1. The van der Waals surface area contributed by atoms with Crippen LogP contribution in [0.1, 0.15) is 28.5 Å². The molecule has 2 N–H and O–H groups in total. The van der Waals surface area contributed by atoms with Crippen LogP contribution in [0.5, 0.6) is 11.5 Å². The maximum absolute atomic E-state index is 14.7. The summed E-state index contributed by atoms with van der Waals surface area (Å²) in [5, 5.41) is 0. The van der Waals surface area contributed by atoms with Crippen molar-refractivity contribution >= 4 is 21.8 Å². The van der Waals surface area contributed by atoms with E-state index in [9.17, 15) is 17.6 Å². The molecule has 0 bridgehead atoms. The lowest BCUT2D eigenvalue weighted by molar-refractivity contribution is 0.0986. The van der Waals surface area contributed by atoms with Crippen LogP contribution in [0.15, 0.2) is 35.5 Å². The van der Waals surface area contributed by atoms with Crippen molar-refractivity contribution in [2.45, 2.75) is 18.9 Å². The number of aliphatic imine (C=N–C) groups is 1. The Hall–Kier alpha value is -3.21. The number of guanidine groups is 1. The van der Waals surface area contributed by atoms with Gasteiger partial charge in [-0.2, -0.15) is 0 Å². The topological polar surface area (TPSA) is 124 Å². The van der Waals surface area contributed by atoms with E-state index in [4.69, 9.17) is 15.2 Å². The van der Waals surface area contributed by atoms with Crippen molar-refractivity contribution < 1.29 is 27.1 Å². The predicted octanol–water partition coefficient (Wildman–Crippen LogP) is 1.22. The highest BCUT2D eigenvalue weighted by atomic mass is 32.2. The Balaban J connectivity index is 1.63. The fraction of sp³-hybridized carbons (Fsp3) is 0.350. The average Bonchev–Trinajstić information content (AvgIpc) is 2.72. The zero-order valence-electron chi connectivity index (χ0n) is 17.0. The van der Waals surface area contributed by atoms with E-state index in [1.807, 2.05) is 0 Å². The summed E-state index contributed by atoms with van der Waals surface area (Å²) in [6.07, 6.45) is 1.36. The number of ether oxygens (including phenoxy) is 2. The molecule has 0 amide bonds. The molecule has 31 heavy (non-hydrogen) atoms. The number of halogens is 1. The maximum atomic E-state index is 14.7. The lowest BCUT2D eigenvalue weighted by Crippen LogP contribution is -2.50. The lowest BCUT2D eigenvalue weighted by atomic mass is 9.91. The summed E-state index contributed by atoms with van der Waals surface area (Å²) in [5.74, 6) is -0.701. The molecule has 2 aliphatic rings. The summed E-state index contributed by atoms with van der Waals surface area (Å²) in [4.78, 5) is 21.1. The van der Waals surface area contributed by atoms with Crippen molar-refractivity contribution in [1.82, 2.24) is 9.29 Å². The van der Waals surface area contributed by atoms with Crippen molar-refractivity contribution in [2.75, 3.05) is 26.0 Å². The molecule has 1 atom stereocenters. The first-order chi connectivity index (χ1) is 14.6. The Morgan fingerprint density at radius 2 is 1.97 bits per heavy atom. The number of Topliss-reactive ketones (excluding diaryl/α,β-unsaturated/α-hetero) is 1. The molecule has 164 valence electrons. The van der Waals surface area contributed by atoms with Crippen LogP contribution in [0.25, 0.3) is 0 Å². The number of benzene rings is 1. The van der Waals surface area contributed by atoms with Gasteiger partial charge < -0.3 is 15.2 Å². The van der Waals surface area contributed by atoms with Crippen LogP contribution < -0.4 is 15.2 Å². The zero-order chi connectivity index (χ0) is 22.4. The standard InChI is InChI=1S/C20H21FN4O5S/c1-20(11-31(27,28)25(2)19(22)24-20)13-7-12(3-4-14(13)21)8-16(26)15-9-17-18(10-23-15)30-6-5-29-17/h3-4,7,9-10H,5-6,8,11H2,1-2H3,(H2,22,24)/t20-/m0/s1. The molecule has 3 heterocycles. The molecule has 2 aliphatic heterocycles. The molecule has 0 spiro atoms. The summed E-state index contributed by atoms with van der Waals surface area (Å²) in [6, 6.07) is 5.62. The van der Waals surface area contributed by atoms with Crippen molar-refractivity contribution in [3.05, 3.63) is 53.1 Å². The fourth-order valence-corrected chi connectivity index (χ4v) is 5.01. The van der Waals surface area contributed by atoms with E-state index < -0.39 is 27.1 Å². The Kier molecular flexibility index (Phi) is 5.08. The molecule has 11 heteroatoms. The smallest absolute Gasteiger partial charge is 0.239 e. The van der Waals surface area contributed by atoms with E-state index in [0.29, 0.717) is 30.3 Å². The molecule has 0 aliphatic carbocycles. The summed E-state index contributed by atoms with van der Waals surface area (Å²) in [6.45, 7) is 2.29. The van der Waals surface area contributed by atoms with Crippen molar-refractivity contribution in [1.29, 1.82) is 0 Å². The minimum atomic E-state index is -3.76. The number of hydrogen-bond acceptors (Lipinski definition) is 8. The Labute approximate surface area is 178 Å². The van der Waals surface area contributed by atoms with E-state index in [0.717, 1.165) is 4.31 Å². The number of nitrogens with two attached hydrogens (primary N) is 1. The zero-order valence-corrected chi connectivity index (χ0v) is 17.8. The van der Waals surface area contributed by atoms with Gasteiger partial charge in [0.15, 0.2) is 17.3 Å². The third-order valence-corrected chi connectivity index (χ3v) is 7.20. The normalized spacial score (nSPS) is 22.0. The summed E-state index contributed by atoms with van der Waals surface area (Å²) >= 11 is 0. The maximum Gasteiger partial charge on any atom is 0.239 e. The van der Waals surface area contributed by atoms with Crippen LogP contribution in [0, 0.1) is 5.82 Å². The number of sulfonamides is 1. The number of ketones is 1. The van der Waals surface area contributed by atoms with Gasteiger partial charge in [0, 0.05) is 25.1 Å². The molecule has 1 aromatic heterocycles. The van der Waals surface area contributed by atoms with Gasteiger partial charge in [-0.05, 0) is 24.6 Å². The number of nitrogens with zero attached hydrogens (tertiary/aromatic N) is 3. The number of rotatable bonds is 4. The van der Waals surface area contributed by atoms with Crippen molar-refractivity contribution in [3.8, 4) is 11.5 Å². The quantitative estimate of drug-likeness (QED) is 0.698. The average molecular weight is 448 g/mol. The highest BCUT2D eigenvalue weighted by molar-refractivity contribution is 7.89. The molecule has 0 saturated carbocycles. The molecule has 2 aromatic rings. The molecule has 0 saturated heterocycles. The van der Waals surface area contributed by atoms with Gasteiger partial charge in [-0.3, -0.25) is 4.79 Å². The molecule has 0 fully saturated rings. The molecular formula is C20H21FN4O5S. The first kappa shape index (κ1) is 21.0. The van der Waals surface area contributed by atoms with E-state index in [2.05, 4.69) is 9.98 Å². The third-order valence-electron chi connectivity index (χ3n) is 5.26. The monoisotopic (exact) mass is 448 g/mol. The molecule has 4 rings (SSSR count). The Morgan fingerprint density at radius 3 is 2.68 bits per heavy atom.